The molecule has 19 heteroatoms. The topological polar surface area (TPSA) is 185 Å². The molecule has 68 heavy (non-hydrogen) atoms. The molecule has 16 nitrogen and oxygen atoms in total. The predicted molar refractivity (Wildman–Crippen MR) is 273 cm³/mol. The minimum atomic E-state index is -4.37. The van der Waals surface area contributed by atoms with E-state index in [-0.39, 0.29) is 12.5 Å². The van der Waals surface area contributed by atoms with E-state index in [1.54, 1.807) is 7.11 Å². The van der Waals surface area contributed by atoms with Crippen LogP contribution in [-0.4, -0.2) is 116 Å². The Kier molecular flexibility index (Phi) is 12.8. The van der Waals surface area contributed by atoms with Gasteiger partial charge in [-0.05, 0) is 57.7 Å². The van der Waals surface area contributed by atoms with Crippen LogP contribution >= 0.6 is 0 Å². The zero-order chi connectivity index (χ0) is 47.0. The number of nitrogens with one attached hydrogen (secondary N) is 1. The second kappa shape index (κ2) is 18.9. The molecule has 6 aromatic rings. The van der Waals surface area contributed by atoms with Gasteiger partial charge in [0.1, 0.15) is 29.2 Å². The van der Waals surface area contributed by atoms with Gasteiger partial charge in [0.15, 0.2) is 40.0 Å². The summed E-state index contributed by atoms with van der Waals surface area (Å²) in [5.74, 6) is 3.17. The van der Waals surface area contributed by atoms with Crippen molar-refractivity contribution in [3.63, 3.8) is 0 Å². The van der Waals surface area contributed by atoms with E-state index in [4.69, 9.17) is 58.1 Å². The molecule has 1 atom stereocenters. The van der Waals surface area contributed by atoms with Crippen molar-refractivity contribution < 1.29 is 27.2 Å². The van der Waals surface area contributed by atoms with E-state index in [0.717, 1.165) is 56.3 Å². The van der Waals surface area contributed by atoms with Crippen LogP contribution in [0.3, 0.4) is 0 Å². The van der Waals surface area contributed by atoms with Crippen molar-refractivity contribution in [1.29, 1.82) is 0 Å². The van der Waals surface area contributed by atoms with Crippen molar-refractivity contribution in [3.8, 4) is 0 Å². The summed E-state index contributed by atoms with van der Waals surface area (Å²) in [7, 11) is -8.43. The summed E-state index contributed by atoms with van der Waals surface area (Å²) in [5, 5.41) is 6.51. The molecule has 4 aliphatic heterocycles. The molecule has 0 aliphatic carbocycles. The number of amides is 1. The van der Waals surface area contributed by atoms with E-state index in [1.165, 1.54) is 0 Å². The van der Waals surface area contributed by atoms with Crippen molar-refractivity contribution in [2.24, 2.45) is 35.7 Å². The van der Waals surface area contributed by atoms with E-state index < -0.39 is 25.5 Å². The molecule has 1 amide bonds. The molecule has 6 bridgehead atoms. The first kappa shape index (κ1) is 45.9. The van der Waals surface area contributed by atoms with Gasteiger partial charge < -0.3 is 33.5 Å². The SMILES string of the molecule is COCCOCCOCC(=O)NCCC[Si](C)(C)O[Si]1(O[Si](C)(C)CCCN)n2c3c4ccccc4c2N=C2N=C(N=c4c5ccccc5c(n41)=NC1=NC(=N3)c3ccccc31)c1ccccc12. The standard InChI is InChI=1S/C49H56N10O6Si3/c1-61-26-27-62-28-29-63-32-41(60)51-25-15-31-67(4,5)65-68(64-66(2,3)30-14-24-50)58-46-37-20-10-11-21-38(37)48(58)56-44-35-18-8-9-19-36(35)45(53-44)57-49-40-23-13-12-22-39(40)47(59(49)68)55-43-34-17-7-6-16-33(34)42(52-43)54-46/h6-13,16-23H,14-15,24-32,50H2,1-5H3,(H,51,60). The molecule has 6 heterocycles. The monoisotopic (exact) mass is 964 g/mol. The first-order valence-electron chi connectivity index (χ1n) is 23.3. The maximum absolute atomic E-state index is 12.9. The Morgan fingerprint density at radius 3 is 1.51 bits per heavy atom. The second-order valence-corrected chi connectivity index (χ2v) is 30.1. The summed E-state index contributed by atoms with van der Waals surface area (Å²) in [5.41, 5.74) is 11.0. The molecule has 350 valence electrons. The average molecular weight is 965 g/mol. The van der Waals surface area contributed by atoms with Crippen molar-refractivity contribution in [3.05, 3.63) is 130 Å². The lowest BCUT2D eigenvalue weighted by Gasteiger charge is -2.43. The molecule has 0 saturated carbocycles. The highest BCUT2D eigenvalue weighted by atomic mass is 28.5. The Labute approximate surface area is 397 Å². The maximum atomic E-state index is 12.9. The number of methoxy groups -OCH3 is 1. The van der Waals surface area contributed by atoms with Crippen LogP contribution in [0.25, 0.3) is 21.5 Å². The van der Waals surface area contributed by atoms with E-state index in [1.807, 2.05) is 72.8 Å². The van der Waals surface area contributed by atoms with Crippen molar-refractivity contribution in [1.82, 2.24) is 13.8 Å². The van der Waals surface area contributed by atoms with Crippen LogP contribution < -0.4 is 22.0 Å². The molecule has 4 aliphatic rings. The van der Waals surface area contributed by atoms with Gasteiger partial charge in [-0.25, -0.2) is 30.0 Å². The lowest BCUT2D eigenvalue weighted by Crippen LogP contribution is -2.70. The van der Waals surface area contributed by atoms with Crippen LogP contribution in [0.15, 0.2) is 127 Å². The van der Waals surface area contributed by atoms with Crippen molar-refractivity contribution in [2.75, 3.05) is 53.2 Å². The maximum Gasteiger partial charge on any atom is 0.582 e. The molecule has 0 saturated heterocycles. The molecular weight excluding hydrogens is 909 g/mol. The van der Waals surface area contributed by atoms with Crippen molar-refractivity contribution >= 4 is 87.9 Å². The number of aromatic nitrogens is 2. The third kappa shape index (κ3) is 8.62. The van der Waals surface area contributed by atoms with Gasteiger partial charge in [-0.15, -0.1) is 0 Å². The van der Waals surface area contributed by atoms with Crippen LogP contribution in [-0.2, 0) is 27.2 Å². The highest BCUT2D eigenvalue weighted by Crippen LogP contribution is 2.45. The number of nitrogens with zero attached hydrogens (tertiary/aromatic N) is 8. The predicted octanol–water partition coefficient (Wildman–Crippen LogP) is 6.35. The third-order valence-corrected chi connectivity index (χ3v) is 24.1. The molecular formula is C49H56N10O6Si3. The highest BCUT2D eigenvalue weighted by molar-refractivity contribution is 6.88. The quantitative estimate of drug-likeness (QED) is 0.0700. The van der Waals surface area contributed by atoms with Crippen LogP contribution in [0.2, 0.25) is 38.3 Å². The number of ether oxygens (including phenoxy) is 3. The summed E-state index contributed by atoms with van der Waals surface area (Å²) in [6, 6.07) is 34.1. The molecule has 3 N–H and O–H groups in total. The number of carbonyl (C=O) groups excluding carboxylic acids is 1. The molecule has 4 aromatic carbocycles. The highest BCUT2D eigenvalue weighted by Gasteiger charge is 2.57. The molecule has 1 unspecified atom stereocenters. The molecule has 2 aromatic heterocycles. The Morgan fingerprint density at radius 2 is 1.01 bits per heavy atom. The first-order valence-corrected chi connectivity index (χ1v) is 31.2. The summed E-state index contributed by atoms with van der Waals surface area (Å²) >= 11 is 0. The first-order chi connectivity index (χ1) is 33.0. The zero-order valence-electron chi connectivity index (χ0n) is 39.1. The number of carbonyl (C=O) groups is 1. The van der Waals surface area contributed by atoms with E-state index in [2.05, 4.69) is 64.2 Å². The number of benzene rings is 4. The minimum absolute atomic E-state index is 0.0564. The Morgan fingerprint density at radius 1 is 0.574 bits per heavy atom. The smallest absolute Gasteiger partial charge is 0.404 e. The van der Waals surface area contributed by atoms with Crippen molar-refractivity contribution in [2.45, 2.75) is 51.1 Å². The Hall–Kier alpha value is -5.88. The summed E-state index contributed by atoms with van der Waals surface area (Å²) < 4.78 is 36.9. The number of fused-ring (bicyclic) bond motifs is 14. The summed E-state index contributed by atoms with van der Waals surface area (Å²) in [6.07, 6.45) is 1.43. The third-order valence-electron chi connectivity index (χ3n) is 12.4. The van der Waals surface area contributed by atoms with Gasteiger partial charge in [0.05, 0.1) is 26.4 Å². The number of hydrogen-bond donors (Lipinski definition) is 2. The number of hydrogen-bond acceptors (Lipinski definition) is 13. The lowest BCUT2D eigenvalue weighted by atomic mass is 10.1. The lowest BCUT2D eigenvalue weighted by molar-refractivity contribution is -0.126. The average Bonchev–Trinajstić information content (AvgIpc) is 4.05. The second-order valence-electron chi connectivity index (χ2n) is 18.4. The van der Waals surface area contributed by atoms with Gasteiger partial charge in [0, 0.05) is 57.5 Å². The molecule has 10 rings (SSSR count). The van der Waals surface area contributed by atoms with Crippen LogP contribution in [0.5, 0.6) is 0 Å². The van der Waals surface area contributed by atoms with E-state index >= 15 is 0 Å². The summed E-state index contributed by atoms with van der Waals surface area (Å²) in [4.78, 5) is 45.8. The Balaban J connectivity index is 1.22. The Bertz CT molecular complexity index is 3050. The zero-order valence-corrected chi connectivity index (χ0v) is 42.1. The van der Waals surface area contributed by atoms with Gasteiger partial charge in [-0.2, -0.15) is 0 Å². The van der Waals surface area contributed by atoms with Crippen LogP contribution in [0, 0.1) is 0 Å². The fourth-order valence-corrected chi connectivity index (χ4v) is 21.9. The number of amidine groups is 4. The number of rotatable bonds is 19. The van der Waals surface area contributed by atoms with E-state index in [9.17, 15) is 4.79 Å². The van der Waals surface area contributed by atoms with Crippen LogP contribution in [0.1, 0.15) is 35.1 Å². The van der Waals surface area contributed by atoms with Crippen LogP contribution in [0.4, 0.5) is 11.6 Å². The fraction of sp³-hybridized carbons (Fsp3) is 0.327. The van der Waals surface area contributed by atoms with Gasteiger partial charge in [-0.1, -0.05) is 97.1 Å². The minimum Gasteiger partial charge on any atom is -0.404 e. The van der Waals surface area contributed by atoms with Gasteiger partial charge >= 0.3 is 8.88 Å². The molecule has 0 radical (unpaired) electrons. The normalized spacial score (nSPS) is 16.9. The van der Waals surface area contributed by atoms with Gasteiger partial charge in [-0.3, -0.25) is 13.3 Å². The molecule has 0 spiro atoms. The fourth-order valence-electron chi connectivity index (χ4n) is 9.31. The van der Waals surface area contributed by atoms with E-state index in [0.29, 0.717) is 97.9 Å². The molecule has 0 fully saturated rings. The number of nitrogens with two attached hydrogens (primary N) is 1. The largest absolute Gasteiger partial charge is 0.582 e. The summed E-state index contributed by atoms with van der Waals surface area (Å²) in [6.45, 7) is 11.5. The van der Waals surface area contributed by atoms with Gasteiger partial charge in [0.25, 0.3) is 0 Å². The van der Waals surface area contributed by atoms with Gasteiger partial charge in [0.2, 0.25) is 5.91 Å². The number of aliphatic imine (C=N–C) groups is 4.